The number of piperazine rings is 1. The van der Waals surface area contributed by atoms with E-state index in [4.69, 9.17) is 0 Å². The fourth-order valence-corrected chi connectivity index (χ4v) is 1.35. The van der Waals surface area contributed by atoms with Gasteiger partial charge in [-0.3, -0.25) is 4.31 Å². The molecule has 9 heavy (non-hydrogen) atoms. The summed E-state index contributed by atoms with van der Waals surface area (Å²) in [4.78, 5) is 2.35. The van der Waals surface area contributed by atoms with Gasteiger partial charge >= 0.3 is 0 Å². The second kappa shape index (κ2) is 2.90. The van der Waals surface area contributed by atoms with Crippen LogP contribution in [0.15, 0.2) is 0 Å². The van der Waals surface area contributed by atoms with Crippen LogP contribution in [0.5, 0.6) is 0 Å². The summed E-state index contributed by atoms with van der Waals surface area (Å²) in [5.74, 6) is 0. The third kappa shape index (κ3) is 1.85. The molecule has 1 heterocycles. The van der Waals surface area contributed by atoms with Crippen molar-refractivity contribution in [2.45, 2.75) is 13.0 Å². The summed E-state index contributed by atoms with van der Waals surface area (Å²) in [6, 6.07) is 0.663. The molecule has 0 aromatic heterocycles. The first-order valence-corrected chi connectivity index (χ1v) is 3.74. The molecule has 1 atom stereocenters. The zero-order valence-electron chi connectivity index (χ0n) is 6.04. The Morgan fingerprint density at radius 1 is 1.44 bits per heavy atom. The van der Waals surface area contributed by atoms with Gasteiger partial charge in [-0.1, -0.05) is 12.8 Å². The Balaban J connectivity index is 2.35. The summed E-state index contributed by atoms with van der Waals surface area (Å²) in [5, 5.41) is 0. The first-order chi connectivity index (χ1) is 4.20. The van der Waals surface area contributed by atoms with E-state index in [0.717, 1.165) is 19.6 Å². The third-order valence-corrected chi connectivity index (χ3v) is 2.30. The molecule has 1 aliphatic heterocycles. The Kier molecular flexibility index (Phi) is 2.38. The first kappa shape index (κ1) is 7.38. The highest BCUT2D eigenvalue weighted by atomic mass is 32.1. The van der Waals surface area contributed by atoms with Crippen molar-refractivity contribution in [2.75, 3.05) is 26.7 Å². The molecule has 0 radical (unpaired) electrons. The lowest BCUT2D eigenvalue weighted by Gasteiger charge is -2.34. The Morgan fingerprint density at radius 3 is 2.56 bits per heavy atom. The smallest absolute Gasteiger partial charge is 0.0241 e. The highest BCUT2D eigenvalue weighted by Gasteiger charge is 2.17. The molecule has 1 saturated heterocycles. The molecule has 0 bridgehead atoms. The van der Waals surface area contributed by atoms with Crippen molar-refractivity contribution in [2.24, 2.45) is 0 Å². The lowest BCUT2D eigenvalue weighted by molar-refractivity contribution is 0.168. The van der Waals surface area contributed by atoms with E-state index in [9.17, 15) is 0 Å². The monoisotopic (exact) mass is 146 g/mol. The predicted molar refractivity (Wildman–Crippen MR) is 42.7 cm³/mol. The van der Waals surface area contributed by atoms with Gasteiger partial charge in [-0.25, -0.2) is 0 Å². The summed E-state index contributed by atoms with van der Waals surface area (Å²) in [6.45, 7) is 5.54. The Labute approximate surface area is 62.4 Å². The third-order valence-electron chi connectivity index (χ3n) is 1.94. The Bertz CT molecular complexity index is 97.1. The van der Waals surface area contributed by atoms with Gasteiger partial charge in [0, 0.05) is 25.7 Å². The molecule has 0 aromatic rings. The van der Waals surface area contributed by atoms with Gasteiger partial charge < -0.3 is 4.90 Å². The van der Waals surface area contributed by atoms with Crippen molar-refractivity contribution in [1.82, 2.24) is 9.21 Å². The van der Waals surface area contributed by atoms with Gasteiger partial charge in [-0.15, -0.1) is 0 Å². The van der Waals surface area contributed by atoms with Crippen LogP contribution in [0.4, 0.5) is 0 Å². The molecular weight excluding hydrogens is 132 g/mol. The minimum Gasteiger partial charge on any atom is -0.301 e. The second-order valence-electron chi connectivity index (χ2n) is 2.74. The number of rotatable bonds is 0. The topological polar surface area (TPSA) is 6.48 Å². The average molecular weight is 146 g/mol. The van der Waals surface area contributed by atoms with Crippen molar-refractivity contribution in [3.8, 4) is 0 Å². The van der Waals surface area contributed by atoms with Crippen molar-refractivity contribution in [3.63, 3.8) is 0 Å². The number of likely N-dealkylation sites (N-methyl/N-ethyl adjacent to an activating group) is 1. The van der Waals surface area contributed by atoms with Gasteiger partial charge in [0.25, 0.3) is 0 Å². The molecule has 1 rings (SSSR count). The summed E-state index contributed by atoms with van der Waals surface area (Å²) in [6.07, 6.45) is 0. The maximum absolute atomic E-state index is 4.27. The maximum Gasteiger partial charge on any atom is 0.0241 e. The SMILES string of the molecule is C[C@@H]1CN(S)CCN1C. The predicted octanol–water partition coefficient (Wildman–Crippen LogP) is 0.467. The van der Waals surface area contributed by atoms with Crippen molar-refractivity contribution < 1.29 is 0 Å². The maximum atomic E-state index is 4.27. The molecule has 3 heteroatoms. The molecule has 0 saturated carbocycles. The standard InChI is InChI=1S/C6H14N2S/c1-6-5-8(9)4-3-7(6)2/h6,9H,3-5H2,1-2H3/t6-/m1/s1. The molecular formula is C6H14N2S. The summed E-state index contributed by atoms with van der Waals surface area (Å²) in [5.41, 5.74) is 0. The highest BCUT2D eigenvalue weighted by molar-refractivity contribution is 7.77. The first-order valence-electron chi connectivity index (χ1n) is 3.34. The fraction of sp³-hybridized carbons (Fsp3) is 1.00. The van der Waals surface area contributed by atoms with Crippen LogP contribution in [0.25, 0.3) is 0 Å². The number of hydrogen-bond donors (Lipinski definition) is 1. The van der Waals surface area contributed by atoms with Crippen LogP contribution in [-0.2, 0) is 0 Å². The van der Waals surface area contributed by atoms with Crippen LogP contribution in [0.1, 0.15) is 6.92 Å². The molecule has 0 aliphatic carbocycles. The van der Waals surface area contributed by atoms with Crippen LogP contribution in [-0.4, -0.2) is 41.9 Å². The van der Waals surface area contributed by atoms with E-state index < -0.39 is 0 Å². The van der Waals surface area contributed by atoms with E-state index in [1.54, 1.807) is 0 Å². The highest BCUT2D eigenvalue weighted by Crippen LogP contribution is 2.07. The normalized spacial score (nSPS) is 33.0. The zero-order valence-corrected chi connectivity index (χ0v) is 6.93. The minimum absolute atomic E-state index is 0.663. The van der Waals surface area contributed by atoms with E-state index in [1.165, 1.54) is 0 Å². The Morgan fingerprint density at radius 2 is 2.11 bits per heavy atom. The zero-order chi connectivity index (χ0) is 6.85. The van der Waals surface area contributed by atoms with Crippen molar-refractivity contribution in [1.29, 1.82) is 0 Å². The van der Waals surface area contributed by atoms with Gasteiger partial charge in [-0.2, -0.15) is 0 Å². The van der Waals surface area contributed by atoms with Crippen molar-refractivity contribution >= 4 is 12.8 Å². The molecule has 54 valence electrons. The summed E-state index contributed by atoms with van der Waals surface area (Å²) < 4.78 is 2.07. The van der Waals surface area contributed by atoms with Gasteiger partial charge in [0.2, 0.25) is 0 Å². The molecule has 0 amide bonds. The van der Waals surface area contributed by atoms with E-state index >= 15 is 0 Å². The quantitative estimate of drug-likeness (QED) is 0.496. The van der Waals surface area contributed by atoms with Gasteiger partial charge in [0.1, 0.15) is 0 Å². The average Bonchev–Trinajstić information content (AvgIpc) is 1.80. The Hall–Kier alpha value is 0.270. The summed E-state index contributed by atoms with van der Waals surface area (Å²) in [7, 11) is 2.16. The van der Waals surface area contributed by atoms with E-state index in [0.29, 0.717) is 6.04 Å². The molecule has 0 aromatic carbocycles. The van der Waals surface area contributed by atoms with Gasteiger partial charge in [0.15, 0.2) is 0 Å². The lowest BCUT2D eigenvalue weighted by atomic mass is 10.2. The second-order valence-corrected chi connectivity index (χ2v) is 3.31. The van der Waals surface area contributed by atoms with Crippen LogP contribution >= 0.6 is 12.8 Å². The lowest BCUT2D eigenvalue weighted by Crippen LogP contribution is -2.46. The molecule has 0 N–H and O–H groups in total. The van der Waals surface area contributed by atoms with Crippen LogP contribution in [0.2, 0.25) is 0 Å². The van der Waals surface area contributed by atoms with E-state index in [2.05, 4.69) is 36.0 Å². The molecule has 0 unspecified atom stereocenters. The molecule has 0 spiro atoms. The van der Waals surface area contributed by atoms with Gasteiger partial charge in [0.05, 0.1) is 0 Å². The van der Waals surface area contributed by atoms with Gasteiger partial charge in [-0.05, 0) is 14.0 Å². The number of thiol groups is 1. The fourth-order valence-electron chi connectivity index (χ4n) is 1.03. The van der Waals surface area contributed by atoms with Crippen LogP contribution in [0.3, 0.4) is 0 Å². The number of nitrogens with zero attached hydrogens (tertiary/aromatic N) is 2. The molecule has 2 nitrogen and oxygen atoms in total. The molecule has 1 aliphatic rings. The number of hydrogen-bond acceptors (Lipinski definition) is 3. The summed E-state index contributed by atoms with van der Waals surface area (Å²) >= 11 is 4.27. The van der Waals surface area contributed by atoms with E-state index in [-0.39, 0.29) is 0 Å². The molecule has 1 fully saturated rings. The van der Waals surface area contributed by atoms with E-state index in [1.807, 2.05) is 0 Å². The van der Waals surface area contributed by atoms with Crippen molar-refractivity contribution in [3.05, 3.63) is 0 Å². The largest absolute Gasteiger partial charge is 0.301 e. The minimum atomic E-state index is 0.663. The van der Waals surface area contributed by atoms with Crippen LogP contribution in [0, 0.1) is 0 Å². The van der Waals surface area contributed by atoms with Crippen LogP contribution < -0.4 is 0 Å².